The number of halogens is 1. The van der Waals surface area contributed by atoms with Crippen LogP contribution in [-0.2, 0) is 0 Å². The van der Waals surface area contributed by atoms with Crippen LogP contribution in [0, 0.1) is 12.7 Å². The molecule has 0 spiro atoms. The second kappa shape index (κ2) is 5.59. The van der Waals surface area contributed by atoms with Gasteiger partial charge in [0.05, 0.1) is 19.0 Å². The van der Waals surface area contributed by atoms with Crippen LogP contribution in [0.3, 0.4) is 0 Å². The van der Waals surface area contributed by atoms with Crippen LogP contribution in [0.4, 0.5) is 9.52 Å². The Balaban J connectivity index is 2.11. The third kappa shape index (κ3) is 3.04. The van der Waals surface area contributed by atoms with E-state index in [-0.39, 0.29) is 5.82 Å². The lowest BCUT2D eigenvalue weighted by molar-refractivity contribution is 0.413. The SMILES string of the molecule is COc1ccc(F)cc1C=NNc1nc(C)cs1. The molecule has 94 valence electrons. The molecular formula is C12H12FN3OS. The van der Waals surface area contributed by atoms with Crippen LogP contribution in [0.15, 0.2) is 28.7 Å². The smallest absolute Gasteiger partial charge is 0.203 e. The van der Waals surface area contributed by atoms with Crippen LogP contribution >= 0.6 is 11.3 Å². The van der Waals surface area contributed by atoms with Crippen molar-refractivity contribution in [1.29, 1.82) is 0 Å². The lowest BCUT2D eigenvalue weighted by Gasteiger charge is -2.03. The number of anilines is 1. The third-order valence-corrected chi connectivity index (χ3v) is 3.04. The van der Waals surface area contributed by atoms with Crippen molar-refractivity contribution in [3.05, 3.63) is 40.7 Å². The largest absolute Gasteiger partial charge is 0.496 e. The number of nitrogens with zero attached hydrogens (tertiary/aromatic N) is 2. The highest BCUT2D eigenvalue weighted by molar-refractivity contribution is 7.13. The average Bonchev–Trinajstić information content (AvgIpc) is 2.75. The Morgan fingerprint density at radius 2 is 2.33 bits per heavy atom. The summed E-state index contributed by atoms with van der Waals surface area (Å²) in [7, 11) is 1.53. The van der Waals surface area contributed by atoms with E-state index in [4.69, 9.17) is 4.74 Å². The minimum absolute atomic E-state index is 0.331. The first-order valence-electron chi connectivity index (χ1n) is 5.24. The Labute approximate surface area is 108 Å². The topological polar surface area (TPSA) is 46.5 Å². The van der Waals surface area contributed by atoms with Crippen molar-refractivity contribution in [3.8, 4) is 5.75 Å². The molecule has 6 heteroatoms. The van der Waals surface area contributed by atoms with Crippen molar-refractivity contribution in [2.24, 2.45) is 5.10 Å². The summed E-state index contributed by atoms with van der Waals surface area (Å²) >= 11 is 1.46. The van der Waals surface area contributed by atoms with Crippen molar-refractivity contribution in [2.45, 2.75) is 6.92 Å². The second-order valence-corrected chi connectivity index (χ2v) is 4.41. The minimum atomic E-state index is -0.331. The molecule has 18 heavy (non-hydrogen) atoms. The van der Waals surface area contributed by atoms with E-state index in [9.17, 15) is 4.39 Å². The average molecular weight is 265 g/mol. The van der Waals surface area contributed by atoms with Crippen LogP contribution in [0.25, 0.3) is 0 Å². The Bertz CT molecular complexity index is 568. The number of rotatable bonds is 4. The molecule has 0 fully saturated rings. The van der Waals surface area contributed by atoms with Crippen LogP contribution in [0.5, 0.6) is 5.75 Å². The first-order chi connectivity index (χ1) is 8.69. The molecule has 0 unspecified atom stereocenters. The maximum absolute atomic E-state index is 13.1. The van der Waals surface area contributed by atoms with Gasteiger partial charge in [0.25, 0.3) is 0 Å². The van der Waals surface area contributed by atoms with Crippen molar-refractivity contribution in [2.75, 3.05) is 12.5 Å². The monoisotopic (exact) mass is 265 g/mol. The van der Waals surface area contributed by atoms with E-state index in [1.54, 1.807) is 6.07 Å². The maximum atomic E-state index is 13.1. The predicted octanol–water partition coefficient (Wildman–Crippen LogP) is 3.05. The molecule has 2 aromatic rings. The van der Waals surface area contributed by atoms with Gasteiger partial charge < -0.3 is 4.74 Å². The van der Waals surface area contributed by atoms with Crippen LogP contribution in [0.2, 0.25) is 0 Å². The summed E-state index contributed by atoms with van der Waals surface area (Å²) in [6, 6.07) is 4.26. The van der Waals surface area contributed by atoms with Gasteiger partial charge in [-0.3, -0.25) is 5.43 Å². The highest BCUT2D eigenvalue weighted by Crippen LogP contribution is 2.18. The first-order valence-corrected chi connectivity index (χ1v) is 6.12. The van der Waals surface area contributed by atoms with E-state index in [0.717, 1.165) is 5.69 Å². The van der Waals surface area contributed by atoms with Gasteiger partial charge in [-0.05, 0) is 25.1 Å². The molecule has 0 aliphatic rings. The molecule has 0 aliphatic heterocycles. The Morgan fingerprint density at radius 3 is 3.00 bits per heavy atom. The molecule has 1 aromatic heterocycles. The predicted molar refractivity (Wildman–Crippen MR) is 71.0 cm³/mol. The van der Waals surface area contributed by atoms with Gasteiger partial charge in [0.1, 0.15) is 11.6 Å². The fraction of sp³-hybridized carbons (Fsp3) is 0.167. The number of ether oxygens (including phenoxy) is 1. The summed E-state index contributed by atoms with van der Waals surface area (Å²) in [6.07, 6.45) is 1.50. The van der Waals surface area contributed by atoms with Crippen molar-refractivity contribution < 1.29 is 9.13 Å². The van der Waals surface area contributed by atoms with Gasteiger partial charge in [-0.15, -0.1) is 11.3 Å². The number of hydrazone groups is 1. The third-order valence-electron chi connectivity index (χ3n) is 2.17. The fourth-order valence-electron chi connectivity index (χ4n) is 1.37. The van der Waals surface area contributed by atoms with Gasteiger partial charge in [0.2, 0.25) is 5.13 Å². The molecule has 0 amide bonds. The summed E-state index contributed by atoms with van der Waals surface area (Å²) in [6.45, 7) is 1.90. The molecule has 2 rings (SSSR count). The zero-order valence-corrected chi connectivity index (χ0v) is 10.8. The van der Waals surface area contributed by atoms with E-state index in [1.807, 2.05) is 12.3 Å². The zero-order chi connectivity index (χ0) is 13.0. The van der Waals surface area contributed by atoms with Crippen molar-refractivity contribution in [3.63, 3.8) is 0 Å². The Kier molecular flexibility index (Phi) is 3.88. The summed E-state index contributed by atoms with van der Waals surface area (Å²) in [5, 5.41) is 6.61. The number of thiazole rings is 1. The highest BCUT2D eigenvalue weighted by atomic mass is 32.1. The summed E-state index contributed by atoms with van der Waals surface area (Å²) in [5.74, 6) is 0.236. The molecule has 1 heterocycles. The lowest BCUT2D eigenvalue weighted by atomic mass is 10.2. The molecule has 1 N–H and O–H groups in total. The molecular weight excluding hydrogens is 253 g/mol. The number of benzene rings is 1. The fourth-order valence-corrected chi connectivity index (χ4v) is 2.01. The molecule has 4 nitrogen and oxygen atoms in total. The maximum Gasteiger partial charge on any atom is 0.203 e. The number of nitrogens with one attached hydrogen (secondary N) is 1. The molecule has 0 radical (unpaired) electrons. The van der Waals surface area contributed by atoms with Gasteiger partial charge in [0.15, 0.2) is 0 Å². The molecule has 1 aromatic carbocycles. The highest BCUT2D eigenvalue weighted by Gasteiger charge is 2.02. The first kappa shape index (κ1) is 12.5. The van der Waals surface area contributed by atoms with E-state index in [1.165, 1.54) is 36.8 Å². The normalized spacial score (nSPS) is 10.8. The van der Waals surface area contributed by atoms with Crippen LogP contribution in [0.1, 0.15) is 11.3 Å². The lowest BCUT2D eigenvalue weighted by Crippen LogP contribution is -1.94. The number of hydrogen-bond donors (Lipinski definition) is 1. The van der Waals surface area contributed by atoms with Crippen molar-refractivity contribution >= 4 is 22.7 Å². The molecule has 0 bridgehead atoms. The molecule has 0 aliphatic carbocycles. The quantitative estimate of drug-likeness (QED) is 0.682. The number of aromatic nitrogens is 1. The van der Waals surface area contributed by atoms with Gasteiger partial charge in [-0.1, -0.05) is 0 Å². The van der Waals surface area contributed by atoms with Gasteiger partial charge in [-0.25, -0.2) is 9.37 Å². The standard InChI is InChI=1S/C12H12FN3OS/c1-8-7-18-12(15-8)16-14-6-9-5-10(13)3-4-11(9)17-2/h3-7H,1-2H3,(H,15,16). The minimum Gasteiger partial charge on any atom is -0.496 e. The van der Waals surface area contributed by atoms with Gasteiger partial charge >= 0.3 is 0 Å². The van der Waals surface area contributed by atoms with Crippen LogP contribution < -0.4 is 10.2 Å². The Morgan fingerprint density at radius 1 is 1.50 bits per heavy atom. The molecule has 0 saturated heterocycles. The van der Waals surface area contributed by atoms with E-state index in [2.05, 4.69) is 15.5 Å². The zero-order valence-electron chi connectivity index (χ0n) is 9.98. The van der Waals surface area contributed by atoms with Gasteiger partial charge in [0, 0.05) is 10.9 Å². The number of methoxy groups -OCH3 is 1. The van der Waals surface area contributed by atoms with E-state index >= 15 is 0 Å². The Hall–Kier alpha value is -1.95. The second-order valence-electron chi connectivity index (χ2n) is 3.55. The summed E-state index contributed by atoms with van der Waals surface area (Å²) < 4.78 is 18.2. The van der Waals surface area contributed by atoms with Crippen molar-refractivity contribution in [1.82, 2.24) is 4.98 Å². The molecule has 0 saturated carbocycles. The summed E-state index contributed by atoms with van der Waals surface area (Å²) in [5.41, 5.74) is 4.28. The van der Waals surface area contributed by atoms with E-state index in [0.29, 0.717) is 16.4 Å². The number of aryl methyl sites for hydroxylation is 1. The van der Waals surface area contributed by atoms with E-state index < -0.39 is 0 Å². The van der Waals surface area contributed by atoms with Gasteiger partial charge in [-0.2, -0.15) is 5.10 Å². The number of hydrogen-bond acceptors (Lipinski definition) is 5. The summed E-state index contributed by atoms with van der Waals surface area (Å²) in [4.78, 5) is 4.19. The van der Waals surface area contributed by atoms with Crippen LogP contribution in [-0.4, -0.2) is 18.3 Å². The molecule has 0 atom stereocenters.